The molecule has 1 N–H and O–H groups in total. The maximum Gasteiger partial charge on any atom is 0.254 e. The molecule has 1 amide bonds. The van der Waals surface area contributed by atoms with Gasteiger partial charge in [-0.2, -0.15) is 0 Å². The van der Waals surface area contributed by atoms with Gasteiger partial charge in [0.25, 0.3) is 5.91 Å². The molecule has 0 radical (unpaired) electrons. The van der Waals surface area contributed by atoms with Crippen molar-refractivity contribution in [3.05, 3.63) is 32.4 Å². The molecule has 110 valence electrons. The van der Waals surface area contributed by atoms with Crippen molar-refractivity contribution < 1.29 is 4.79 Å². The summed E-state index contributed by atoms with van der Waals surface area (Å²) in [5.74, 6) is 0.855. The number of hydrogen-bond acceptors (Lipinski definition) is 2. The van der Waals surface area contributed by atoms with Crippen molar-refractivity contribution in [1.29, 1.82) is 0 Å². The first kappa shape index (κ1) is 16.0. The highest BCUT2D eigenvalue weighted by molar-refractivity contribution is 14.1. The zero-order valence-electron chi connectivity index (χ0n) is 11.7. The van der Waals surface area contributed by atoms with E-state index in [4.69, 9.17) is 11.6 Å². The predicted octanol–water partition coefficient (Wildman–Crippen LogP) is 3.41. The van der Waals surface area contributed by atoms with Gasteiger partial charge in [0, 0.05) is 21.7 Å². The third-order valence-electron chi connectivity index (χ3n) is 3.86. The van der Waals surface area contributed by atoms with Gasteiger partial charge in [-0.25, -0.2) is 0 Å². The number of amides is 1. The molecule has 0 aromatic heterocycles. The molecule has 3 nitrogen and oxygen atoms in total. The minimum absolute atomic E-state index is 0.115. The molecule has 0 saturated carbocycles. The lowest BCUT2D eigenvalue weighted by Gasteiger charge is -2.32. The monoisotopic (exact) mass is 406 g/mol. The maximum absolute atomic E-state index is 12.5. The van der Waals surface area contributed by atoms with Gasteiger partial charge in [0.1, 0.15) is 0 Å². The van der Waals surface area contributed by atoms with E-state index < -0.39 is 0 Å². The Morgan fingerprint density at radius 2 is 2.15 bits per heavy atom. The Hall–Kier alpha value is -0.330. The predicted molar refractivity (Wildman–Crippen MR) is 91.3 cm³/mol. The largest absolute Gasteiger partial charge is 0.339 e. The summed E-state index contributed by atoms with van der Waals surface area (Å²) in [7, 11) is 1.99. The Labute approximate surface area is 139 Å². The van der Waals surface area contributed by atoms with Crippen molar-refractivity contribution >= 4 is 40.1 Å². The second-order valence-electron chi connectivity index (χ2n) is 5.25. The second-order valence-corrected chi connectivity index (χ2v) is 6.85. The highest BCUT2D eigenvalue weighted by Gasteiger charge is 2.24. The maximum atomic E-state index is 12.5. The zero-order valence-corrected chi connectivity index (χ0v) is 14.6. The molecule has 5 heteroatoms. The Balaban J connectivity index is 1.96. The molecule has 1 heterocycles. The molecular formula is C15H20ClIN2O. The minimum atomic E-state index is 0.115. The number of nitrogens with one attached hydrogen (secondary N) is 1. The average Bonchev–Trinajstić information content (AvgIpc) is 2.47. The molecule has 1 aliphatic rings. The number of carbonyl (C=O) groups excluding carboxylic acids is 1. The van der Waals surface area contributed by atoms with Crippen LogP contribution in [0, 0.1) is 9.49 Å². The molecule has 1 aromatic rings. The standard InChI is InChI=1S/C15H20ClIN2O/c1-18-7-4-11-5-8-19(9-6-11)15(20)13-10-12(16)2-3-14(13)17/h2-3,10-11,18H,4-9H2,1H3. The Bertz CT molecular complexity index is 473. The van der Waals surface area contributed by atoms with E-state index in [9.17, 15) is 4.79 Å². The second kappa shape index (κ2) is 7.61. The topological polar surface area (TPSA) is 32.3 Å². The van der Waals surface area contributed by atoms with Crippen LogP contribution in [0.15, 0.2) is 18.2 Å². The molecule has 0 atom stereocenters. The summed E-state index contributed by atoms with van der Waals surface area (Å²) in [6, 6.07) is 5.50. The molecule has 20 heavy (non-hydrogen) atoms. The third-order valence-corrected chi connectivity index (χ3v) is 5.04. The highest BCUT2D eigenvalue weighted by atomic mass is 127. The summed E-state index contributed by atoms with van der Waals surface area (Å²) >= 11 is 8.20. The molecule has 1 aromatic carbocycles. The zero-order chi connectivity index (χ0) is 14.5. The summed E-state index contributed by atoms with van der Waals surface area (Å²) in [5.41, 5.74) is 0.728. The van der Waals surface area contributed by atoms with E-state index >= 15 is 0 Å². The van der Waals surface area contributed by atoms with Gasteiger partial charge in [-0.15, -0.1) is 0 Å². The van der Waals surface area contributed by atoms with Crippen LogP contribution in [0.5, 0.6) is 0 Å². The normalized spacial score (nSPS) is 16.4. The van der Waals surface area contributed by atoms with Crippen molar-refractivity contribution in [1.82, 2.24) is 10.2 Å². The third kappa shape index (κ3) is 4.09. The summed E-state index contributed by atoms with van der Waals surface area (Å²) in [4.78, 5) is 14.5. The number of nitrogens with zero attached hydrogens (tertiary/aromatic N) is 1. The number of carbonyl (C=O) groups is 1. The van der Waals surface area contributed by atoms with E-state index in [0.29, 0.717) is 5.02 Å². The number of halogens is 2. The van der Waals surface area contributed by atoms with Gasteiger partial charge in [0.15, 0.2) is 0 Å². The van der Waals surface area contributed by atoms with Gasteiger partial charge < -0.3 is 10.2 Å². The Kier molecular flexibility index (Phi) is 6.11. The average molecular weight is 407 g/mol. The van der Waals surface area contributed by atoms with E-state index in [1.807, 2.05) is 24.1 Å². The molecule has 1 saturated heterocycles. The highest BCUT2D eigenvalue weighted by Crippen LogP contribution is 2.24. The number of piperidine rings is 1. The summed E-state index contributed by atoms with van der Waals surface area (Å²) in [5, 5.41) is 3.82. The van der Waals surface area contributed by atoms with Gasteiger partial charge in [-0.05, 0) is 79.6 Å². The lowest BCUT2D eigenvalue weighted by atomic mass is 9.93. The molecule has 1 fully saturated rings. The first-order valence-corrected chi connectivity index (χ1v) is 8.46. The van der Waals surface area contributed by atoms with Crippen LogP contribution < -0.4 is 5.32 Å². The van der Waals surface area contributed by atoms with Crippen LogP contribution in [0.1, 0.15) is 29.6 Å². The number of rotatable bonds is 4. The number of hydrogen-bond donors (Lipinski definition) is 1. The fraction of sp³-hybridized carbons (Fsp3) is 0.533. The van der Waals surface area contributed by atoms with Gasteiger partial charge in [0.2, 0.25) is 0 Å². The van der Waals surface area contributed by atoms with Gasteiger partial charge in [0.05, 0.1) is 5.56 Å². The summed E-state index contributed by atoms with van der Waals surface area (Å²) < 4.78 is 0.967. The van der Waals surface area contributed by atoms with Crippen molar-refractivity contribution in [2.75, 3.05) is 26.7 Å². The fourth-order valence-corrected chi connectivity index (χ4v) is 3.34. The summed E-state index contributed by atoms with van der Waals surface area (Å²) in [6.07, 6.45) is 3.41. The van der Waals surface area contributed by atoms with Gasteiger partial charge in [-0.1, -0.05) is 11.6 Å². The number of likely N-dealkylation sites (tertiary alicyclic amines) is 1. The fourth-order valence-electron chi connectivity index (χ4n) is 2.60. The Morgan fingerprint density at radius 3 is 2.80 bits per heavy atom. The smallest absolute Gasteiger partial charge is 0.254 e. The van der Waals surface area contributed by atoms with E-state index in [1.165, 1.54) is 6.42 Å². The van der Waals surface area contributed by atoms with Crippen LogP contribution >= 0.6 is 34.2 Å². The van der Waals surface area contributed by atoms with E-state index in [2.05, 4.69) is 27.9 Å². The van der Waals surface area contributed by atoms with Crippen LogP contribution in [-0.4, -0.2) is 37.5 Å². The minimum Gasteiger partial charge on any atom is -0.339 e. The molecule has 0 spiro atoms. The molecule has 2 rings (SSSR count). The lowest BCUT2D eigenvalue weighted by Crippen LogP contribution is -2.39. The molecule has 0 bridgehead atoms. The molecule has 0 aliphatic carbocycles. The Morgan fingerprint density at radius 1 is 1.45 bits per heavy atom. The van der Waals surface area contributed by atoms with Crippen LogP contribution in [0.4, 0.5) is 0 Å². The van der Waals surface area contributed by atoms with Crippen LogP contribution in [0.2, 0.25) is 5.02 Å². The van der Waals surface area contributed by atoms with Crippen molar-refractivity contribution in [2.24, 2.45) is 5.92 Å². The van der Waals surface area contributed by atoms with E-state index in [-0.39, 0.29) is 5.91 Å². The van der Waals surface area contributed by atoms with Crippen molar-refractivity contribution in [3.63, 3.8) is 0 Å². The first-order chi connectivity index (χ1) is 9.61. The van der Waals surface area contributed by atoms with E-state index in [0.717, 1.165) is 47.5 Å². The van der Waals surface area contributed by atoms with Crippen molar-refractivity contribution in [2.45, 2.75) is 19.3 Å². The first-order valence-electron chi connectivity index (χ1n) is 7.00. The quantitative estimate of drug-likeness (QED) is 0.777. The van der Waals surface area contributed by atoms with Crippen LogP contribution in [-0.2, 0) is 0 Å². The van der Waals surface area contributed by atoms with Crippen LogP contribution in [0.3, 0.4) is 0 Å². The SMILES string of the molecule is CNCCC1CCN(C(=O)c2cc(Cl)ccc2I)CC1. The molecule has 1 aliphatic heterocycles. The number of benzene rings is 1. The van der Waals surface area contributed by atoms with Gasteiger partial charge >= 0.3 is 0 Å². The molecular weight excluding hydrogens is 387 g/mol. The van der Waals surface area contributed by atoms with E-state index in [1.54, 1.807) is 6.07 Å². The van der Waals surface area contributed by atoms with Crippen LogP contribution in [0.25, 0.3) is 0 Å². The molecule has 0 unspecified atom stereocenters. The lowest BCUT2D eigenvalue weighted by molar-refractivity contribution is 0.0686. The van der Waals surface area contributed by atoms with Gasteiger partial charge in [-0.3, -0.25) is 4.79 Å². The van der Waals surface area contributed by atoms with Crippen molar-refractivity contribution in [3.8, 4) is 0 Å². The summed E-state index contributed by atoms with van der Waals surface area (Å²) in [6.45, 7) is 2.77.